The summed E-state index contributed by atoms with van der Waals surface area (Å²) in [4.78, 5) is 42.1. The van der Waals surface area contributed by atoms with E-state index < -0.39 is 35.2 Å². The van der Waals surface area contributed by atoms with E-state index in [-0.39, 0.29) is 31.4 Å². The second-order valence-electron chi connectivity index (χ2n) is 10.4. The Balaban J connectivity index is 1.56. The Hall–Kier alpha value is -3.96. The number of benzene rings is 1. The van der Waals surface area contributed by atoms with Crippen LogP contribution in [0.1, 0.15) is 52.3 Å². The summed E-state index contributed by atoms with van der Waals surface area (Å²) < 4.78 is 16.0. The minimum Gasteiger partial charge on any atom is -0.497 e. The highest BCUT2D eigenvalue weighted by Crippen LogP contribution is 2.46. The summed E-state index contributed by atoms with van der Waals surface area (Å²) in [5.41, 5.74) is -1.26. The Bertz CT molecular complexity index is 1210. The first-order valence-electron chi connectivity index (χ1n) is 12.6. The van der Waals surface area contributed by atoms with Gasteiger partial charge in [0.15, 0.2) is 5.82 Å². The maximum absolute atomic E-state index is 13.5. The van der Waals surface area contributed by atoms with Gasteiger partial charge in [-0.1, -0.05) is 6.08 Å². The van der Waals surface area contributed by atoms with Crippen molar-refractivity contribution in [2.24, 2.45) is 5.92 Å². The van der Waals surface area contributed by atoms with Gasteiger partial charge in [-0.15, -0.1) is 21.6 Å². The summed E-state index contributed by atoms with van der Waals surface area (Å²) in [5, 5.41) is 15.7. The molecule has 2 aromatic rings. The lowest BCUT2D eigenvalue weighted by atomic mass is 10.0. The van der Waals surface area contributed by atoms with Crippen LogP contribution in [0, 0.1) is 5.92 Å². The van der Waals surface area contributed by atoms with Gasteiger partial charge in [-0.3, -0.25) is 9.69 Å². The fourth-order valence-electron chi connectivity index (χ4n) is 4.57. The molecule has 0 spiro atoms. The quantitative estimate of drug-likeness (QED) is 0.406. The molecule has 12 heteroatoms. The fourth-order valence-corrected chi connectivity index (χ4v) is 4.57. The monoisotopic (exact) mass is 526 g/mol. The molecule has 4 atom stereocenters. The number of methoxy groups -OCH3 is 1. The van der Waals surface area contributed by atoms with Gasteiger partial charge < -0.3 is 19.5 Å². The number of hydrogen-bond donors (Lipinski definition) is 1. The molecule has 1 aliphatic carbocycles. The third-order valence-corrected chi connectivity index (χ3v) is 6.61. The summed E-state index contributed by atoms with van der Waals surface area (Å²) in [7, 11) is 1.58. The van der Waals surface area contributed by atoms with E-state index in [1.807, 2.05) is 0 Å². The zero-order valence-corrected chi connectivity index (χ0v) is 22.3. The maximum Gasteiger partial charge on any atom is 0.410 e. The lowest BCUT2D eigenvalue weighted by molar-refractivity contribution is -0.149. The second kappa shape index (κ2) is 10.4. The van der Waals surface area contributed by atoms with Crippen LogP contribution in [0.3, 0.4) is 0 Å². The summed E-state index contributed by atoms with van der Waals surface area (Å²) in [6.07, 6.45) is 1.61. The van der Waals surface area contributed by atoms with E-state index >= 15 is 0 Å². The number of nitrogens with one attached hydrogen (secondary N) is 1. The minimum atomic E-state index is -1.18. The number of amides is 2. The number of carbonyl (C=O) groups is 3. The van der Waals surface area contributed by atoms with Gasteiger partial charge in [0.2, 0.25) is 5.91 Å². The van der Waals surface area contributed by atoms with Crippen molar-refractivity contribution < 1.29 is 28.6 Å². The van der Waals surface area contributed by atoms with Crippen LogP contribution in [0.15, 0.2) is 36.9 Å². The zero-order valence-electron chi connectivity index (χ0n) is 22.3. The SMILES string of the molecule is C=C[C@@H]1C[C@@]1(NC(=O)[C@@H]1C[C@@H](c2nnn(-c3ccc(OC)cc3)n2)CN1C(=O)OC(C)(C)C)C(=O)OCC. The molecule has 0 unspecified atom stereocenters. The second-order valence-corrected chi connectivity index (χ2v) is 10.4. The van der Waals surface area contributed by atoms with Gasteiger partial charge in [-0.2, -0.15) is 0 Å². The molecule has 2 amide bonds. The van der Waals surface area contributed by atoms with E-state index in [0.29, 0.717) is 23.7 Å². The Morgan fingerprint density at radius 2 is 1.95 bits per heavy atom. The van der Waals surface area contributed by atoms with Crippen molar-refractivity contribution in [1.29, 1.82) is 0 Å². The topological polar surface area (TPSA) is 138 Å². The minimum absolute atomic E-state index is 0.151. The Kier molecular flexibility index (Phi) is 7.43. The number of aromatic nitrogens is 4. The number of nitrogens with zero attached hydrogens (tertiary/aromatic N) is 5. The Morgan fingerprint density at radius 3 is 2.53 bits per heavy atom. The number of ether oxygens (including phenoxy) is 3. The molecule has 1 N–H and O–H groups in total. The van der Waals surface area contributed by atoms with Gasteiger partial charge in [0.1, 0.15) is 22.9 Å². The fraction of sp³-hybridized carbons (Fsp3) is 0.538. The summed E-state index contributed by atoms with van der Waals surface area (Å²) in [6.45, 7) is 11.1. The molecule has 12 nitrogen and oxygen atoms in total. The molecular formula is C26H34N6O6. The van der Waals surface area contributed by atoms with E-state index in [9.17, 15) is 14.4 Å². The lowest BCUT2D eigenvalue weighted by Crippen LogP contribution is -2.53. The van der Waals surface area contributed by atoms with Gasteiger partial charge in [-0.05, 0) is 70.0 Å². The predicted molar refractivity (Wildman–Crippen MR) is 136 cm³/mol. The zero-order chi connectivity index (χ0) is 27.7. The van der Waals surface area contributed by atoms with E-state index in [4.69, 9.17) is 14.2 Å². The smallest absolute Gasteiger partial charge is 0.410 e. The molecule has 1 aromatic carbocycles. The predicted octanol–water partition coefficient (Wildman–Crippen LogP) is 2.39. The van der Waals surface area contributed by atoms with Crippen LogP contribution in [0.25, 0.3) is 5.69 Å². The third-order valence-electron chi connectivity index (χ3n) is 6.61. The maximum atomic E-state index is 13.5. The Labute approximate surface area is 221 Å². The van der Waals surface area contributed by atoms with E-state index in [1.165, 1.54) is 9.70 Å². The standard InChI is InChI=1S/C26H34N6O6/c1-7-17-14-26(17,23(34)37-8-2)27-22(33)20-13-16(15-31(20)24(35)38-25(3,4)5)21-28-30-32(29-21)18-9-11-19(36-6)12-10-18/h7,9-12,16-17,20H,1,8,13-15H2,2-6H3,(H,27,33)/t16-,17-,20+,26+/m1/s1. The van der Waals surface area contributed by atoms with Crippen molar-refractivity contribution in [2.45, 2.75) is 63.6 Å². The number of esters is 1. The van der Waals surface area contributed by atoms with Crippen LogP contribution in [0.5, 0.6) is 5.75 Å². The van der Waals surface area contributed by atoms with Crippen molar-refractivity contribution in [2.75, 3.05) is 20.3 Å². The molecule has 2 aliphatic rings. The molecule has 38 heavy (non-hydrogen) atoms. The highest BCUT2D eigenvalue weighted by molar-refractivity contribution is 5.95. The van der Waals surface area contributed by atoms with Crippen LogP contribution in [-0.2, 0) is 19.1 Å². The largest absolute Gasteiger partial charge is 0.497 e. The van der Waals surface area contributed by atoms with E-state index in [0.717, 1.165) is 0 Å². The molecule has 0 bridgehead atoms. The summed E-state index contributed by atoms with van der Waals surface area (Å²) in [5.74, 6) is -0.525. The first kappa shape index (κ1) is 27.1. The molecule has 1 aliphatic heterocycles. The third kappa shape index (κ3) is 5.48. The molecule has 2 fully saturated rings. The molecular weight excluding hydrogens is 492 g/mol. The first-order valence-corrected chi connectivity index (χ1v) is 12.6. The van der Waals surface area contributed by atoms with Crippen LogP contribution in [0.2, 0.25) is 0 Å². The van der Waals surface area contributed by atoms with Crippen molar-refractivity contribution in [3.05, 3.63) is 42.7 Å². The summed E-state index contributed by atoms with van der Waals surface area (Å²) >= 11 is 0. The first-order chi connectivity index (χ1) is 18.0. The van der Waals surface area contributed by atoms with Crippen molar-refractivity contribution in [1.82, 2.24) is 30.4 Å². The number of rotatable bonds is 8. The van der Waals surface area contributed by atoms with Crippen LogP contribution in [-0.4, -0.2) is 80.5 Å². The van der Waals surface area contributed by atoms with Gasteiger partial charge in [0.25, 0.3) is 0 Å². The number of hydrogen-bond acceptors (Lipinski definition) is 9. The van der Waals surface area contributed by atoms with Crippen molar-refractivity contribution in [3.63, 3.8) is 0 Å². The van der Waals surface area contributed by atoms with Gasteiger partial charge in [0.05, 0.1) is 19.4 Å². The van der Waals surface area contributed by atoms with E-state index in [2.05, 4.69) is 27.3 Å². The molecule has 2 heterocycles. The average Bonchev–Trinajstić information content (AvgIpc) is 3.21. The van der Waals surface area contributed by atoms with Gasteiger partial charge in [0, 0.05) is 18.4 Å². The van der Waals surface area contributed by atoms with Crippen LogP contribution in [0.4, 0.5) is 4.79 Å². The van der Waals surface area contributed by atoms with Gasteiger partial charge >= 0.3 is 12.1 Å². The number of likely N-dealkylation sites (tertiary alicyclic amines) is 1. The van der Waals surface area contributed by atoms with Crippen LogP contribution >= 0.6 is 0 Å². The average molecular weight is 527 g/mol. The normalized spacial score (nSPS) is 24.4. The molecule has 204 valence electrons. The number of carbonyl (C=O) groups excluding carboxylic acids is 3. The summed E-state index contributed by atoms with van der Waals surface area (Å²) in [6, 6.07) is 6.25. The van der Waals surface area contributed by atoms with Crippen molar-refractivity contribution >= 4 is 18.0 Å². The highest BCUT2D eigenvalue weighted by atomic mass is 16.6. The highest BCUT2D eigenvalue weighted by Gasteiger charge is 2.62. The Morgan fingerprint density at radius 1 is 1.24 bits per heavy atom. The van der Waals surface area contributed by atoms with Crippen LogP contribution < -0.4 is 10.1 Å². The molecule has 1 aromatic heterocycles. The molecule has 1 saturated carbocycles. The van der Waals surface area contributed by atoms with Crippen molar-refractivity contribution in [3.8, 4) is 11.4 Å². The van der Waals surface area contributed by atoms with E-state index in [1.54, 1.807) is 65.1 Å². The van der Waals surface area contributed by atoms with Gasteiger partial charge in [-0.25, -0.2) is 9.59 Å². The molecule has 4 rings (SSSR count). The number of tetrazole rings is 1. The molecule has 1 saturated heterocycles. The lowest BCUT2D eigenvalue weighted by Gasteiger charge is -2.29. The molecule has 0 radical (unpaired) electrons.